The molecule has 3 aromatic rings. The van der Waals surface area contributed by atoms with Crippen molar-refractivity contribution >= 4 is 11.5 Å². The second kappa shape index (κ2) is 3.49. The Balaban J connectivity index is 1.71. The maximum atomic E-state index is 4.39. The van der Waals surface area contributed by atoms with Crippen LogP contribution in [0.4, 0.5) is 5.82 Å². The van der Waals surface area contributed by atoms with Crippen LogP contribution >= 0.6 is 0 Å². The first-order valence-electron chi connectivity index (χ1n) is 5.70. The third-order valence-electron chi connectivity index (χ3n) is 3.12. The van der Waals surface area contributed by atoms with Crippen molar-refractivity contribution in [3.05, 3.63) is 30.4 Å². The lowest BCUT2D eigenvalue weighted by molar-refractivity contribution is 0.551. The van der Waals surface area contributed by atoms with Gasteiger partial charge in [0.1, 0.15) is 5.82 Å². The van der Waals surface area contributed by atoms with Crippen LogP contribution < -0.4 is 4.90 Å². The average molecular weight is 242 g/mol. The number of nitrogens with zero attached hydrogens (tertiary/aromatic N) is 8. The summed E-state index contributed by atoms with van der Waals surface area (Å²) in [5, 5.41) is 15.6. The summed E-state index contributed by atoms with van der Waals surface area (Å²) in [5.74, 6) is 1.92. The molecule has 0 amide bonds. The maximum Gasteiger partial charge on any atom is 0.200 e. The van der Waals surface area contributed by atoms with Crippen molar-refractivity contribution < 1.29 is 0 Å². The Morgan fingerprint density at radius 1 is 1.17 bits per heavy atom. The molecule has 18 heavy (non-hydrogen) atoms. The van der Waals surface area contributed by atoms with Crippen LogP contribution in [-0.2, 0) is 13.1 Å². The molecule has 0 radical (unpaired) electrons. The van der Waals surface area contributed by atoms with E-state index in [4.69, 9.17) is 0 Å². The Morgan fingerprint density at radius 2 is 2.17 bits per heavy atom. The van der Waals surface area contributed by atoms with E-state index in [2.05, 4.69) is 35.1 Å². The van der Waals surface area contributed by atoms with E-state index in [1.54, 1.807) is 0 Å². The summed E-state index contributed by atoms with van der Waals surface area (Å²) in [6.45, 7) is 2.59. The number of imidazole rings is 1. The molecule has 3 aromatic heterocycles. The van der Waals surface area contributed by atoms with Crippen molar-refractivity contribution in [2.75, 3.05) is 11.4 Å². The molecule has 90 valence electrons. The summed E-state index contributed by atoms with van der Waals surface area (Å²) in [4.78, 5) is 6.50. The van der Waals surface area contributed by atoms with E-state index in [0.717, 1.165) is 31.3 Å². The zero-order valence-corrected chi connectivity index (χ0v) is 9.51. The van der Waals surface area contributed by atoms with Crippen LogP contribution in [0.2, 0.25) is 0 Å². The van der Waals surface area contributed by atoms with Gasteiger partial charge >= 0.3 is 0 Å². The Bertz CT molecular complexity index is 699. The van der Waals surface area contributed by atoms with Gasteiger partial charge in [-0.3, -0.25) is 0 Å². The fraction of sp³-hybridized carbons (Fsp3) is 0.300. The van der Waals surface area contributed by atoms with E-state index in [1.807, 2.05) is 24.5 Å². The number of hydrogen-bond acceptors (Lipinski definition) is 6. The van der Waals surface area contributed by atoms with E-state index < -0.39 is 0 Å². The highest BCUT2D eigenvalue weighted by Gasteiger charge is 2.18. The number of tetrazole rings is 1. The molecule has 1 aliphatic rings. The van der Waals surface area contributed by atoms with Gasteiger partial charge in [0.2, 0.25) is 0 Å². The molecule has 0 saturated carbocycles. The molecule has 4 heterocycles. The lowest BCUT2D eigenvalue weighted by atomic mass is 10.3. The number of anilines is 1. The summed E-state index contributed by atoms with van der Waals surface area (Å²) in [7, 11) is 0. The van der Waals surface area contributed by atoms with Crippen molar-refractivity contribution in [2.24, 2.45) is 0 Å². The van der Waals surface area contributed by atoms with Crippen molar-refractivity contribution in [2.45, 2.75) is 13.1 Å². The molecule has 0 unspecified atom stereocenters. The fourth-order valence-corrected chi connectivity index (χ4v) is 2.18. The van der Waals surface area contributed by atoms with Crippen molar-refractivity contribution in [1.29, 1.82) is 0 Å². The quantitative estimate of drug-likeness (QED) is 0.585. The molecule has 8 nitrogen and oxygen atoms in total. The molecular weight excluding hydrogens is 232 g/mol. The number of fused-ring (bicyclic) bond motifs is 2. The van der Waals surface area contributed by atoms with Crippen molar-refractivity contribution in [3.63, 3.8) is 0 Å². The number of hydrogen-bond donors (Lipinski definition) is 0. The SMILES string of the molecule is c1cn2c(n1)CN(c1ccc3nnnn3n1)CC2. The summed E-state index contributed by atoms with van der Waals surface area (Å²) >= 11 is 0. The highest BCUT2D eigenvalue weighted by atomic mass is 15.6. The Hall–Kier alpha value is -2.51. The molecule has 0 aliphatic carbocycles. The lowest BCUT2D eigenvalue weighted by Gasteiger charge is -2.28. The van der Waals surface area contributed by atoms with Crippen LogP contribution in [0.5, 0.6) is 0 Å². The second-order valence-electron chi connectivity index (χ2n) is 4.18. The fourth-order valence-electron chi connectivity index (χ4n) is 2.18. The minimum Gasteiger partial charge on any atom is -0.346 e. The van der Waals surface area contributed by atoms with Gasteiger partial charge < -0.3 is 9.47 Å². The van der Waals surface area contributed by atoms with Gasteiger partial charge in [0, 0.05) is 25.5 Å². The van der Waals surface area contributed by atoms with E-state index in [0.29, 0.717) is 5.65 Å². The third-order valence-corrected chi connectivity index (χ3v) is 3.12. The van der Waals surface area contributed by atoms with Gasteiger partial charge in [0.25, 0.3) is 0 Å². The summed E-state index contributed by atoms with van der Waals surface area (Å²) < 4.78 is 3.60. The molecule has 0 atom stereocenters. The van der Waals surface area contributed by atoms with E-state index in [1.165, 1.54) is 4.63 Å². The van der Waals surface area contributed by atoms with Gasteiger partial charge in [-0.2, -0.15) is 0 Å². The molecule has 1 aliphatic heterocycles. The minimum atomic E-state index is 0.650. The van der Waals surface area contributed by atoms with E-state index in [9.17, 15) is 0 Å². The Labute approximate surface area is 102 Å². The normalized spacial score (nSPS) is 15.0. The molecule has 0 fully saturated rings. The van der Waals surface area contributed by atoms with Crippen LogP contribution in [0, 0.1) is 0 Å². The average Bonchev–Trinajstić information content (AvgIpc) is 3.05. The standard InChI is InChI=1S/C10H10N8/c1-2-9(13-18-8(1)12-14-15-18)17-6-5-16-4-3-11-10(16)7-17/h1-4H,5-7H2. The molecule has 0 aromatic carbocycles. The predicted octanol–water partition coefficient (Wildman–Crippen LogP) is -0.264. The first kappa shape index (κ1) is 9.51. The van der Waals surface area contributed by atoms with Crippen molar-refractivity contribution in [3.8, 4) is 0 Å². The molecule has 8 heteroatoms. The predicted molar refractivity (Wildman–Crippen MR) is 61.9 cm³/mol. The number of aromatic nitrogens is 7. The Kier molecular flexibility index (Phi) is 1.84. The largest absolute Gasteiger partial charge is 0.346 e. The Morgan fingerprint density at radius 3 is 3.17 bits per heavy atom. The zero-order valence-electron chi connectivity index (χ0n) is 9.51. The first-order valence-corrected chi connectivity index (χ1v) is 5.70. The molecule has 4 rings (SSSR count). The van der Waals surface area contributed by atoms with Gasteiger partial charge in [-0.1, -0.05) is 0 Å². The third kappa shape index (κ3) is 1.35. The second-order valence-corrected chi connectivity index (χ2v) is 4.18. The molecule has 0 bridgehead atoms. The van der Waals surface area contributed by atoms with Crippen molar-refractivity contribution in [1.82, 2.24) is 34.8 Å². The lowest BCUT2D eigenvalue weighted by Crippen LogP contribution is -2.34. The van der Waals surface area contributed by atoms with Gasteiger partial charge in [0.05, 0.1) is 6.54 Å². The highest BCUT2D eigenvalue weighted by molar-refractivity contribution is 5.44. The summed E-state index contributed by atoms with van der Waals surface area (Å²) in [6.07, 6.45) is 3.83. The van der Waals surface area contributed by atoms with Gasteiger partial charge in [-0.05, 0) is 22.6 Å². The van der Waals surface area contributed by atoms with Crippen LogP contribution in [0.1, 0.15) is 5.82 Å². The summed E-state index contributed by atoms with van der Waals surface area (Å²) in [6, 6.07) is 3.80. The summed E-state index contributed by atoms with van der Waals surface area (Å²) in [5.41, 5.74) is 0.650. The molecule has 0 saturated heterocycles. The van der Waals surface area contributed by atoms with Crippen LogP contribution in [0.25, 0.3) is 5.65 Å². The zero-order chi connectivity index (χ0) is 11.9. The molecule has 0 spiro atoms. The maximum absolute atomic E-state index is 4.39. The van der Waals surface area contributed by atoms with Gasteiger partial charge in [-0.15, -0.1) is 14.8 Å². The van der Waals surface area contributed by atoms with Crippen LogP contribution in [-0.4, -0.2) is 41.4 Å². The first-order chi connectivity index (χ1) is 8.90. The van der Waals surface area contributed by atoms with Crippen LogP contribution in [0.3, 0.4) is 0 Å². The minimum absolute atomic E-state index is 0.650. The van der Waals surface area contributed by atoms with E-state index in [-0.39, 0.29) is 0 Å². The smallest absolute Gasteiger partial charge is 0.200 e. The molecular formula is C10H10N8. The van der Waals surface area contributed by atoms with Gasteiger partial charge in [-0.25, -0.2) is 4.98 Å². The number of rotatable bonds is 1. The van der Waals surface area contributed by atoms with Gasteiger partial charge in [0.15, 0.2) is 11.5 Å². The van der Waals surface area contributed by atoms with Crippen LogP contribution in [0.15, 0.2) is 24.5 Å². The van der Waals surface area contributed by atoms with E-state index >= 15 is 0 Å². The topological polar surface area (TPSA) is 77.0 Å². The highest BCUT2D eigenvalue weighted by Crippen LogP contribution is 2.17. The monoisotopic (exact) mass is 242 g/mol. The molecule has 0 N–H and O–H groups in total.